The normalized spacial score (nSPS) is 10.8. The molecule has 0 aliphatic rings. The molecular formula is C10H8N2O3S. The first-order valence-corrected chi connectivity index (χ1v) is 4.95. The Morgan fingerprint density at radius 3 is 2.62 bits per heavy atom. The van der Waals surface area contributed by atoms with Gasteiger partial charge in [0.05, 0.1) is 4.91 Å². The van der Waals surface area contributed by atoms with E-state index in [4.69, 9.17) is 16.1 Å². The van der Waals surface area contributed by atoms with Crippen LogP contribution in [0.4, 0.5) is 0 Å². The van der Waals surface area contributed by atoms with Crippen LogP contribution in [0.15, 0.2) is 23.1 Å². The third-order valence-corrected chi connectivity index (χ3v) is 2.33. The number of carbonyl (C=O) groups is 1. The molecular weight excluding hydrogens is 228 g/mol. The number of hydrogen-bond donors (Lipinski definition) is 3. The van der Waals surface area contributed by atoms with E-state index in [0.29, 0.717) is 17.3 Å². The van der Waals surface area contributed by atoms with Gasteiger partial charge in [-0.15, -0.1) is 0 Å². The van der Waals surface area contributed by atoms with E-state index in [9.17, 15) is 9.90 Å². The Morgan fingerprint density at radius 2 is 2.12 bits per heavy atom. The maximum Gasteiger partial charge on any atom is 0.256 e. The number of carbonyl (C=O) groups excluding carboxylic acids is 1. The summed E-state index contributed by atoms with van der Waals surface area (Å²) in [6.07, 6.45) is 1.36. The Bertz CT molecular complexity index is 491. The largest absolute Gasteiger partial charge is 0.504 e. The smallest absolute Gasteiger partial charge is 0.256 e. The van der Waals surface area contributed by atoms with Crippen molar-refractivity contribution in [1.29, 1.82) is 5.26 Å². The summed E-state index contributed by atoms with van der Waals surface area (Å²) in [5, 5.41) is 28.5. The Hall–Kier alpha value is -2.13. The third-order valence-electron chi connectivity index (χ3n) is 1.70. The predicted molar refractivity (Wildman–Crippen MR) is 60.1 cm³/mol. The number of thiocyanates is 1. The number of phenolic OH excluding ortho intramolecular Hbond substituents is 2. The van der Waals surface area contributed by atoms with E-state index >= 15 is 0 Å². The maximum atomic E-state index is 10.9. The van der Waals surface area contributed by atoms with Gasteiger partial charge in [0.2, 0.25) is 0 Å². The minimum absolute atomic E-state index is 0.0626. The molecule has 0 aliphatic carbocycles. The van der Waals surface area contributed by atoms with Crippen molar-refractivity contribution in [3.8, 4) is 16.9 Å². The summed E-state index contributed by atoms with van der Waals surface area (Å²) in [7, 11) is 0. The summed E-state index contributed by atoms with van der Waals surface area (Å²) >= 11 is 0.637. The molecule has 0 spiro atoms. The molecule has 5 nitrogen and oxygen atoms in total. The number of nitrogens with zero attached hydrogens (tertiary/aromatic N) is 1. The van der Waals surface area contributed by atoms with Gasteiger partial charge in [0.25, 0.3) is 5.91 Å². The molecule has 0 heterocycles. The van der Waals surface area contributed by atoms with E-state index in [1.807, 2.05) is 0 Å². The molecule has 1 rings (SSSR count). The Balaban J connectivity index is 3.09. The van der Waals surface area contributed by atoms with E-state index in [1.165, 1.54) is 24.3 Å². The van der Waals surface area contributed by atoms with Gasteiger partial charge in [0, 0.05) is 0 Å². The van der Waals surface area contributed by atoms with Gasteiger partial charge in [-0.2, -0.15) is 5.26 Å². The van der Waals surface area contributed by atoms with Gasteiger partial charge in [-0.05, 0) is 35.5 Å². The molecule has 82 valence electrons. The number of hydrogen-bond acceptors (Lipinski definition) is 5. The molecule has 0 saturated heterocycles. The van der Waals surface area contributed by atoms with Crippen molar-refractivity contribution in [3.05, 3.63) is 28.7 Å². The maximum absolute atomic E-state index is 10.9. The molecule has 0 atom stereocenters. The van der Waals surface area contributed by atoms with Crippen LogP contribution in [0.5, 0.6) is 11.5 Å². The summed E-state index contributed by atoms with van der Waals surface area (Å²) in [6.45, 7) is 0. The molecule has 1 amide bonds. The summed E-state index contributed by atoms with van der Waals surface area (Å²) in [6, 6.07) is 4.02. The fourth-order valence-electron chi connectivity index (χ4n) is 0.982. The molecule has 1 aromatic carbocycles. The summed E-state index contributed by atoms with van der Waals surface area (Å²) in [5.41, 5.74) is 5.51. The quantitative estimate of drug-likeness (QED) is 0.414. The number of thioether (sulfide) groups is 1. The van der Waals surface area contributed by atoms with Crippen LogP contribution in [0.1, 0.15) is 5.56 Å². The number of primary amides is 1. The topological polar surface area (TPSA) is 107 Å². The average Bonchev–Trinajstić information content (AvgIpc) is 2.22. The van der Waals surface area contributed by atoms with E-state index in [-0.39, 0.29) is 16.4 Å². The van der Waals surface area contributed by atoms with Crippen molar-refractivity contribution in [2.24, 2.45) is 5.73 Å². The zero-order valence-electron chi connectivity index (χ0n) is 8.04. The highest BCUT2D eigenvalue weighted by atomic mass is 32.2. The molecule has 0 saturated carbocycles. The van der Waals surface area contributed by atoms with Crippen molar-refractivity contribution in [2.45, 2.75) is 0 Å². The highest BCUT2D eigenvalue weighted by molar-refractivity contribution is 8.08. The predicted octanol–water partition coefficient (Wildman–Crippen LogP) is 1.14. The molecule has 0 fully saturated rings. The fraction of sp³-hybridized carbons (Fsp3) is 0. The first-order valence-electron chi connectivity index (χ1n) is 4.14. The number of amides is 1. The van der Waals surface area contributed by atoms with Crippen LogP contribution in [-0.2, 0) is 4.79 Å². The van der Waals surface area contributed by atoms with E-state index in [0.717, 1.165) is 0 Å². The first-order chi connectivity index (χ1) is 7.54. The van der Waals surface area contributed by atoms with E-state index < -0.39 is 5.91 Å². The van der Waals surface area contributed by atoms with Crippen LogP contribution in [0.25, 0.3) is 6.08 Å². The van der Waals surface area contributed by atoms with Gasteiger partial charge in [-0.25, -0.2) is 0 Å². The lowest BCUT2D eigenvalue weighted by Crippen LogP contribution is -2.11. The molecule has 16 heavy (non-hydrogen) atoms. The van der Waals surface area contributed by atoms with E-state index in [1.54, 1.807) is 5.40 Å². The number of phenols is 2. The zero-order chi connectivity index (χ0) is 12.1. The molecule has 0 bridgehead atoms. The van der Waals surface area contributed by atoms with Crippen molar-refractivity contribution < 1.29 is 15.0 Å². The molecule has 4 N–H and O–H groups in total. The van der Waals surface area contributed by atoms with Crippen LogP contribution < -0.4 is 5.73 Å². The van der Waals surface area contributed by atoms with Gasteiger partial charge in [0.1, 0.15) is 5.40 Å². The lowest BCUT2D eigenvalue weighted by molar-refractivity contribution is -0.113. The lowest BCUT2D eigenvalue weighted by atomic mass is 10.2. The van der Waals surface area contributed by atoms with Crippen LogP contribution in [-0.4, -0.2) is 16.1 Å². The highest BCUT2D eigenvalue weighted by Crippen LogP contribution is 2.27. The second-order valence-electron chi connectivity index (χ2n) is 2.81. The standard InChI is InChI=1S/C10H8N2O3S/c11-5-16-9(10(12)15)4-6-1-2-7(13)8(14)3-6/h1-4,13-14H,(H2,12,15)/b9-4-. The van der Waals surface area contributed by atoms with Crippen molar-refractivity contribution in [1.82, 2.24) is 0 Å². The molecule has 0 unspecified atom stereocenters. The minimum atomic E-state index is -0.723. The molecule has 6 heteroatoms. The highest BCUT2D eigenvalue weighted by Gasteiger charge is 2.06. The zero-order valence-corrected chi connectivity index (χ0v) is 8.86. The van der Waals surface area contributed by atoms with Crippen LogP contribution in [0.3, 0.4) is 0 Å². The average molecular weight is 236 g/mol. The lowest BCUT2D eigenvalue weighted by Gasteiger charge is -2.00. The fourth-order valence-corrected chi connectivity index (χ4v) is 1.38. The SMILES string of the molecule is N#CS/C(=C\c1ccc(O)c(O)c1)C(N)=O. The van der Waals surface area contributed by atoms with Crippen molar-refractivity contribution in [3.63, 3.8) is 0 Å². The Labute approximate surface area is 95.8 Å². The summed E-state index contributed by atoms with van der Waals surface area (Å²) in [5.74, 6) is -1.29. The second-order valence-corrected chi connectivity index (χ2v) is 3.64. The molecule has 0 radical (unpaired) electrons. The summed E-state index contributed by atoms with van der Waals surface area (Å²) < 4.78 is 0. The van der Waals surface area contributed by atoms with Gasteiger partial charge in [0.15, 0.2) is 11.5 Å². The van der Waals surface area contributed by atoms with Gasteiger partial charge in [-0.3, -0.25) is 4.79 Å². The Kier molecular flexibility index (Phi) is 3.80. The molecule has 0 aliphatic heterocycles. The number of nitrogens with two attached hydrogens (primary N) is 1. The van der Waals surface area contributed by atoms with E-state index in [2.05, 4.69) is 0 Å². The third kappa shape index (κ3) is 2.93. The number of aromatic hydroxyl groups is 2. The van der Waals surface area contributed by atoms with Crippen LogP contribution in [0.2, 0.25) is 0 Å². The van der Waals surface area contributed by atoms with Crippen LogP contribution >= 0.6 is 11.8 Å². The number of rotatable bonds is 3. The van der Waals surface area contributed by atoms with Crippen LogP contribution in [0, 0.1) is 10.7 Å². The minimum Gasteiger partial charge on any atom is -0.504 e. The van der Waals surface area contributed by atoms with Crippen molar-refractivity contribution in [2.75, 3.05) is 0 Å². The number of nitriles is 1. The first kappa shape index (κ1) is 11.9. The molecule has 1 aromatic rings. The second kappa shape index (κ2) is 5.09. The van der Waals surface area contributed by atoms with Gasteiger partial charge in [-0.1, -0.05) is 6.07 Å². The van der Waals surface area contributed by atoms with Crippen molar-refractivity contribution >= 4 is 23.7 Å². The van der Waals surface area contributed by atoms with Gasteiger partial charge < -0.3 is 15.9 Å². The molecule has 0 aromatic heterocycles. The summed E-state index contributed by atoms with van der Waals surface area (Å²) in [4.78, 5) is 11.0. The monoisotopic (exact) mass is 236 g/mol. The Morgan fingerprint density at radius 1 is 1.44 bits per heavy atom. The number of benzene rings is 1. The van der Waals surface area contributed by atoms with Gasteiger partial charge >= 0.3 is 0 Å².